The Morgan fingerprint density at radius 1 is 1.38 bits per heavy atom. The maximum atomic E-state index is 10.8. The summed E-state index contributed by atoms with van der Waals surface area (Å²) in [7, 11) is 3.73. The lowest BCUT2D eigenvalue weighted by molar-refractivity contribution is -0.146. The average Bonchev–Trinajstić information content (AvgIpc) is 2.26. The maximum Gasteiger partial charge on any atom is 0.376 e. The van der Waals surface area contributed by atoms with Crippen molar-refractivity contribution in [3.05, 3.63) is 30.0 Å². The second-order valence-corrected chi connectivity index (χ2v) is 3.35. The van der Waals surface area contributed by atoms with Gasteiger partial charge in [-0.3, -0.25) is 4.79 Å². The minimum Gasteiger partial charge on any atom is -0.475 e. The summed E-state index contributed by atoms with van der Waals surface area (Å²) < 4.78 is 0. The minimum atomic E-state index is -1.46. The van der Waals surface area contributed by atoms with Gasteiger partial charge in [0, 0.05) is 20.3 Å². The number of hydrogen-bond donors (Lipinski definition) is 1. The van der Waals surface area contributed by atoms with Crippen LogP contribution in [0.3, 0.4) is 0 Å². The molecule has 0 unspecified atom stereocenters. The summed E-state index contributed by atoms with van der Waals surface area (Å²) in [6.07, 6.45) is 4.00. The first-order chi connectivity index (χ1) is 7.50. The molecule has 0 aliphatic carbocycles. The molecular formula is C11H12N2O3. The summed E-state index contributed by atoms with van der Waals surface area (Å²) in [5.74, 6) is -1.62. The van der Waals surface area contributed by atoms with E-state index in [1.54, 1.807) is 18.3 Å². The predicted octanol–water partition coefficient (Wildman–Crippen LogP) is 0.815. The van der Waals surface area contributed by atoms with Crippen molar-refractivity contribution in [2.24, 2.45) is 0 Å². The van der Waals surface area contributed by atoms with E-state index in [2.05, 4.69) is 4.98 Å². The number of carbonyl (C=O) groups is 2. The fourth-order valence-electron chi connectivity index (χ4n) is 1.00. The van der Waals surface area contributed by atoms with Gasteiger partial charge in [-0.05, 0) is 29.8 Å². The third kappa shape index (κ3) is 3.20. The number of hydrogen-bond acceptors (Lipinski definition) is 4. The Balaban J connectivity index is 2.76. The molecule has 0 saturated heterocycles. The van der Waals surface area contributed by atoms with Gasteiger partial charge in [0.25, 0.3) is 5.78 Å². The van der Waals surface area contributed by atoms with Crippen LogP contribution < -0.4 is 4.90 Å². The molecule has 84 valence electrons. The Labute approximate surface area is 93.0 Å². The molecule has 0 radical (unpaired) electrons. The molecule has 1 rings (SSSR count). The predicted molar refractivity (Wildman–Crippen MR) is 60.2 cm³/mol. The summed E-state index contributed by atoms with van der Waals surface area (Å²) in [6, 6.07) is 3.54. The summed E-state index contributed by atoms with van der Waals surface area (Å²) >= 11 is 0. The van der Waals surface area contributed by atoms with Gasteiger partial charge >= 0.3 is 5.97 Å². The lowest BCUT2D eigenvalue weighted by atomic mass is 10.2. The molecule has 1 heterocycles. The normalized spacial score (nSPS) is 10.4. The molecule has 0 saturated carbocycles. The number of nitrogens with zero attached hydrogens (tertiary/aromatic N) is 2. The molecular weight excluding hydrogens is 208 g/mol. The van der Waals surface area contributed by atoms with Gasteiger partial charge in [0.15, 0.2) is 0 Å². The van der Waals surface area contributed by atoms with Crippen molar-refractivity contribution in [2.75, 3.05) is 19.0 Å². The fourth-order valence-corrected chi connectivity index (χ4v) is 1.00. The highest BCUT2D eigenvalue weighted by Crippen LogP contribution is 2.08. The number of aliphatic carboxylic acids is 1. The molecule has 0 aliphatic heterocycles. The van der Waals surface area contributed by atoms with E-state index in [0.717, 1.165) is 11.9 Å². The number of carboxylic acid groups (broad SMARTS) is 1. The number of anilines is 1. The molecule has 0 atom stereocenters. The van der Waals surface area contributed by atoms with E-state index in [9.17, 15) is 9.59 Å². The second kappa shape index (κ2) is 5.06. The summed E-state index contributed by atoms with van der Waals surface area (Å²) in [5, 5.41) is 8.35. The largest absolute Gasteiger partial charge is 0.475 e. The highest BCUT2D eigenvalue weighted by Gasteiger charge is 2.05. The highest BCUT2D eigenvalue weighted by atomic mass is 16.4. The first kappa shape index (κ1) is 11.9. The van der Waals surface area contributed by atoms with Crippen LogP contribution in [0.15, 0.2) is 24.4 Å². The van der Waals surface area contributed by atoms with Crippen LogP contribution in [0.25, 0.3) is 6.08 Å². The van der Waals surface area contributed by atoms with Crippen LogP contribution in [0.2, 0.25) is 0 Å². The number of carbonyl (C=O) groups excluding carboxylic acids is 1. The lowest BCUT2D eigenvalue weighted by Crippen LogP contribution is -2.10. The van der Waals surface area contributed by atoms with Crippen molar-refractivity contribution < 1.29 is 14.7 Å². The van der Waals surface area contributed by atoms with Crippen LogP contribution in [0, 0.1) is 0 Å². The van der Waals surface area contributed by atoms with Crippen molar-refractivity contribution in [1.82, 2.24) is 4.98 Å². The van der Waals surface area contributed by atoms with E-state index in [0.29, 0.717) is 5.56 Å². The van der Waals surface area contributed by atoms with Crippen molar-refractivity contribution in [1.29, 1.82) is 0 Å². The Bertz CT molecular complexity index is 421. The van der Waals surface area contributed by atoms with E-state index in [1.165, 1.54) is 6.08 Å². The Hall–Kier alpha value is -2.17. The zero-order valence-electron chi connectivity index (χ0n) is 9.04. The Kier molecular flexibility index (Phi) is 3.77. The van der Waals surface area contributed by atoms with Gasteiger partial charge in [-0.2, -0.15) is 0 Å². The smallest absolute Gasteiger partial charge is 0.376 e. The monoisotopic (exact) mass is 220 g/mol. The van der Waals surface area contributed by atoms with Gasteiger partial charge in [0.05, 0.1) is 0 Å². The zero-order chi connectivity index (χ0) is 12.1. The van der Waals surface area contributed by atoms with E-state index >= 15 is 0 Å². The quantitative estimate of drug-likeness (QED) is 0.600. The SMILES string of the molecule is CN(C)c1ccc(C=CC(=O)C(=O)O)cn1. The van der Waals surface area contributed by atoms with Gasteiger partial charge in [-0.15, -0.1) is 0 Å². The van der Waals surface area contributed by atoms with Crippen LogP contribution in [0.5, 0.6) is 0 Å². The lowest BCUT2D eigenvalue weighted by Gasteiger charge is -2.10. The van der Waals surface area contributed by atoms with Crippen LogP contribution in [0.4, 0.5) is 5.82 Å². The molecule has 0 aliphatic rings. The molecule has 1 N–H and O–H groups in total. The van der Waals surface area contributed by atoms with E-state index in [4.69, 9.17) is 5.11 Å². The van der Waals surface area contributed by atoms with Crippen LogP contribution in [-0.4, -0.2) is 35.9 Å². The first-order valence-corrected chi connectivity index (χ1v) is 4.59. The number of aromatic nitrogens is 1. The van der Waals surface area contributed by atoms with Crippen molar-refractivity contribution in [2.45, 2.75) is 0 Å². The minimum absolute atomic E-state index is 0.681. The fraction of sp³-hybridized carbons (Fsp3) is 0.182. The van der Waals surface area contributed by atoms with Gasteiger partial charge in [-0.1, -0.05) is 0 Å². The Morgan fingerprint density at radius 2 is 2.06 bits per heavy atom. The van der Waals surface area contributed by atoms with Crippen LogP contribution >= 0.6 is 0 Å². The summed E-state index contributed by atoms with van der Waals surface area (Å²) in [6.45, 7) is 0. The van der Waals surface area contributed by atoms with Crippen molar-refractivity contribution >= 4 is 23.6 Å². The topological polar surface area (TPSA) is 70.5 Å². The van der Waals surface area contributed by atoms with Crippen LogP contribution in [-0.2, 0) is 9.59 Å². The molecule has 16 heavy (non-hydrogen) atoms. The number of pyridine rings is 1. The molecule has 1 aromatic heterocycles. The summed E-state index contributed by atoms with van der Waals surface area (Å²) in [5.41, 5.74) is 0.681. The molecule has 0 amide bonds. The second-order valence-electron chi connectivity index (χ2n) is 3.35. The van der Waals surface area contributed by atoms with E-state index in [1.807, 2.05) is 19.0 Å². The van der Waals surface area contributed by atoms with Crippen molar-refractivity contribution in [3.8, 4) is 0 Å². The molecule has 5 nitrogen and oxygen atoms in total. The number of rotatable bonds is 4. The summed E-state index contributed by atoms with van der Waals surface area (Å²) in [4.78, 5) is 27.0. The van der Waals surface area contributed by atoms with Gasteiger partial charge in [-0.25, -0.2) is 9.78 Å². The van der Waals surface area contributed by atoms with Gasteiger partial charge in [0.1, 0.15) is 5.82 Å². The number of carboxylic acids is 1. The molecule has 0 bridgehead atoms. The maximum absolute atomic E-state index is 10.8. The first-order valence-electron chi connectivity index (χ1n) is 4.59. The number of ketones is 1. The van der Waals surface area contributed by atoms with Gasteiger partial charge in [0.2, 0.25) is 0 Å². The Morgan fingerprint density at radius 3 is 2.50 bits per heavy atom. The van der Waals surface area contributed by atoms with Crippen LogP contribution in [0.1, 0.15) is 5.56 Å². The molecule has 0 spiro atoms. The molecule has 0 fully saturated rings. The third-order valence-corrected chi connectivity index (χ3v) is 1.87. The highest BCUT2D eigenvalue weighted by molar-refractivity contribution is 6.38. The van der Waals surface area contributed by atoms with Gasteiger partial charge < -0.3 is 10.0 Å². The average molecular weight is 220 g/mol. The molecule has 1 aromatic rings. The molecule has 5 heteroatoms. The van der Waals surface area contributed by atoms with Crippen molar-refractivity contribution in [3.63, 3.8) is 0 Å². The standard InChI is InChI=1S/C11H12N2O3/c1-13(2)10-6-4-8(7-12-10)3-5-9(14)11(15)16/h3-7H,1-2H3,(H,15,16). The third-order valence-electron chi connectivity index (χ3n) is 1.87. The zero-order valence-corrected chi connectivity index (χ0v) is 9.04. The van der Waals surface area contributed by atoms with E-state index < -0.39 is 11.8 Å². The molecule has 0 aromatic carbocycles. The van der Waals surface area contributed by atoms with E-state index in [-0.39, 0.29) is 0 Å².